The largest absolute Gasteiger partial charge is 0.288 e. The van der Waals surface area contributed by atoms with Crippen molar-refractivity contribution in [2.24, 2.45) is 4.99 Å². The summed E-state index contributed by atoms with van der Waals surface area (Å²) in [5.74, 6) is 0. The Morgan fingerprint density at radius 3 is 2.27 bits per heavy atom. The first-order chi connectivity index (χ1) is 7.04. The zero-order chi connectivity index (χ0) is 11.3. The Bertz CT molecular complexity index is 339. The smallest absolute Gasteiger partial charge is 0.0567 e. The van der Waals surface area contributed by atoms with Gasteiger partial charge in [-0.05, 0) is 16.5 Å². The summed E-state index contributed by atoms with van der Waals surface area (Å²) < 4.78 is 0. The van der Waals surface area contributed by atoms with Gasteiger partial charge in [0.15, 0.2) is 0 Å². The molecule has 15 heavy (non-hydrogen) atoms. The van der Waals surface area contributed by atoms with Crippen molar-refractivity contribution < 1.29 is 0 Å². The topological polar surface area (TPSA) is 12.4 Å². The standard InChI is InChI=1S/C14H19N/c1-5-10-15-11-12-6-8-13(9-7-12)14(2,3)4/h5-9,11H,1,10H2,2-4H3. The van der Waals surface area contributed by atoms with Gasteiger partial charge in [-0.25, -0.2) is 0 Å². The first-order valence-electron chi connectivity index (χ1n) is 5.25. The van der Waals surface area contributed by atoms with E-state index in [9.17, 15) is 0 Å². The molecule has 0 radical (unpaired) electrons. The molecule has 0 aromatic heterocycles. The van der Waals surface area contributed by atoms with Gasteiger partial charge in [0, 0.05) is 6.21 Å². The molecule has 0 aliphatic heterocycles. The molecule has 0 N–H and O–H groups in total. The summed E-state index contributed by atoms with van der Waals surface area (Å²) in [5.41, 5.74) is 2.71. The Hall–Kier alpha value is -1.37. The second-order valence-corrected chi connectivity index (χ2v) is 4.65. The number of hydrogen-bond acceptors (Lipinski definition) is 1. The molecule has 0 fully saturated rings. The van der Waals surface area contributed by atoms with E-state index in [4.69, 9.17) is 0 Å². The van der Waals surface area contributed by atoms with Gasteiger partial charge >= 0.3 is 0 Å². The first-order valence-corrected chi connectivity index (χ1v) is 5.25. The molecular weight excluding hydrogens is 182 g/mol. The van der Waals surface area contributed by atoms with E-state index < -0.39 is 0 Å². The third-order valence-corrected chi connectivity index (χ3v) is 2.25. The molecule has 0 heterocycles. The van der Waals surface area contributed by atoms with Crippen LogP contribution >= 0.6 is 0 Å². The monoisotopic (exact) mass is 201 g/mol. The van der Waals surface area contributed by atoms with E-state index in [1.54, 1.807) is 6.08 Å². The highest BCUT2D eigenvalue weighted by Gasteiger charge is 2.12. The molecule has 1 aromatic rings. The van der Waals surface area contributed by atoms with Crippen LogP contribution in [0, 0.1) is 0 Å². The van der Waals surface area contributed by atoms with Crippen LogP contribution in [-0.2, 0) is 5.41 Å². The lowest BCUT2D eigenvalue weighted by Gasteiger charge is -2.18. The number of aliphatic imine (C=N–C) groups is 1. The summed E-state index contributed by atoms with van der Waals surface area (Å²) in [5, 5.41) is 0. The van der Waals surface area contributed by atoms with E-state index in [1.165, 1.54) is 5.56 Å². The average Bonchev–Trinajstić information content (AvgIpc) is 2.18. The fourth-order valence-electron chi connectivity index (χ4n) is 1.30. The molecule has 0 saturated heterocycles. The Labute approximate surface area is 92.6 Å². The van der Waals surface area contributed by atoms with Crippen LogP contribution in [0.1, 0.15) is 31.9 Å². The highest BCUT2D eigenvalue weighted by molar-refractivity contribution is 5.79. The van der Waals surface area contributed by atoms with Gasteiger partial charge in [-0.3, -0.25) is 4.99 Å². The molecule has 80 valence electrons. The maximum absolute atomic E-state index is 4.21. The number of rotatable bonds is 3. The van der Waals surface area contributed by atoms with Crippen molar-refractivity contribution in [3.05, 3.63) is 48.0 Å². The van der Waals surface area contributed by atoms with Crippen LogP contribution in [0.4, 0.5) is 0 Å². The van der Waals surface area contributed by atoms with E-state index in [1.807, 2.05) is 6.21 Å². The van der Waals surface area contributed by atoms with Gasteiger partial charge in [-0.1, -0.05) is 51.1 Å². The van der Waals surface area contributed by atoms with Gasteiger partial charge in [0.2, 0.25) is 0 Å². The number of nitrogens with zero attached hydrogens (tertiary/aromatic N) is 1. The van der Waals surface area contributed by atoms with Crippen LogP contribution in [0.5, 0.6) is 0 Å². The maximum atomic E-state index is 4.21. The van der Waals surface area contributed by atoms with Crippen LogP contribution in [-0.4, -0.2) is 12.8 Å². The Morgan fingerprint density at radius 1 is 1.20 bits per heavy atom. The van der Waals surface area contributed by atoms with E-state index in [2.05, 4.69) is 56.6 Å². The Balaban J connectivity index is 2.77. The minimum absolute atomic E-state index is 0.219. The average molecular weight is 201 g/mol. The van der Waals surface area contributed by atoms with Crippen molar-refractivity contribution in [2.45, 2.75) is 26.2 Å². The minimum Gasteiger partial charge on any atom is -0.288 e. The van der Waals surface area contributed by atoms with Crippen molar-refractivity contribution in [2.75, 3.05) is 6.54 Å². The molecule has 1 heteroatoms. The van der Waals surface area contributed by atoms with E-state index >= 15 is 0 Å². The van der Waals surface area contributed by atoms with E-state index in [0.717, 1.165) is 5.56 Å². The second-order valence-electron chi connectivity index (χ2n) is 4.65. The summed E-state index contributed by atoms with van der Waals surface area (Å²) in [6, 6.07) is 8.53. The molecule has 0 aliphatic carbocycles. The highest BCUT2D eigenvalue weighted by atomic mass is 14.7. The zero-order valence-corrected chi connectivity index (χ0v) is 9.83. The maximum Gasteiger partial charge on any atom is 0.0567 e. The summed E-state index contributed by atoms with van der Waals surface area (Å²) in [6.07, 6.45) is 3.67. The molecule has 1 rings (SSSR count). The molecule has 1 aromatic carbocycles. The first kappa shape index (κ1) is 11.7. The lowest BCUT2D eigenvalue weighted by Crippen LogP contribution is -2.10. The minimum atomic E-state index is 0.219. The predicted molar refractivity (Wildman–Crippen MR) is 67.8 cm³/mol. The normalized spacial score (nSPS) is 11.9. The van der Waals surface area contributed by atoms with Crippen molar-refractivity contribution in [1.29, 1.82) is 0 Å². The summed E-state index contributed by atoms with van der Waals surface area (Å²) in [4.78, 5) is 4.21. The fraction of sp³-hybridized carbons (Fsp3) is 0.357. The van der Waals surface area contributed by atoms with Crippen LogP contribution < -0.4 is 0 Å². The van der Waals surface area contributed by atoms with Gasteiger partial charge in [-0.15, -0.1) is 6.58 Å². The van der Waals surface area contributed by atoms with Crippen molar-refractivity contribution in [3.63, 3.8) is 0 Å². The van der Waals surface area contributed by atoms with Crippen LogP contribution in [0.15, 0.2) is 41.9 Å². The summed E-state index contributed by atoms with van der Waals surface area (Å²) >= 11 is 0. The van der Waals surface area contributed by atoms with Crippen LogP contribution in [0.25, 0.3) is 0 Å². The molecule has 0 bridgehead atoms. The number of hydrogen-bond donors (Lipinski definition) is 0. The fourth-order valence-corrected chi connectivity index (χ4v) is 1.30. The molecule has 0 aliphatic rings. The Morgan fingerprint density at radius 2 is 1.80 bits per heavy atom. The lowest BCUT2D eigenvalue weighted by molar-refractivity contribution is 0.590. The zero-order valence-electron chi connectivity index (χ0n) is 9.83. The molecule has 1 nitrogen and oxygen atoms in total. The molecular formula is C14H19N. The van der Waals surface area contributed by atoms with Crippen LogP contribution in [0.2, 0.25) is 0 Å². The predicted octanol–water partition coefficient (Wildman–Crippen LogP) is 3.59. The van der Waals surface area contributed by atoms with Crippen LogP contribution in [0.3, 0.4) is 0 Å². The third-order valence-electron chi connectivity index (χ3n) is 2.25. The van der Waals surface area contributed by atoms with Crippen molar-refractivity contribution >= 4 is 6.21 Å². The molecule has 0 amide bonds. The quantitative estimate of drug-likeness (QED) is 0.523. The van der Waals surface area contributed by atoms with Crippen molar-refractivity contribution in [3.8, 4) is 0 Å². The van der Waals surface area contributed by atoms with Gasteiger partial charge in [0.1, 0.15) is 0 Å². The van der Waals surface area contributed by atoms with E-state index in [-0.39, 0.29) is 5.41 Å². The molecule has 0 unspecified atom stereocenters. The highest BCUT2D eigenvalue weighted by Crippen LogP contribution is 2.21. The SMILES string of the molecule is C=CCN=Cc1ccc(C(C)(C)C)cc1. The van der Waals surface area contributed by atoms with Gasteiger partial charge in [0.25, 0.3) is 0 Å². The molecule has 0 atom stereocenters. The molecule has 0 saturated carbocycles. The summed E-state index contributed by atoms with van der Waals surface area (Å²) in [7, 11) is 0. The second kappa shape index (κ2) is 4.92. The Kier molecular flexibility index (Phi) is 3.84. The summed E-state index contributed by atoms with van der Waals surface area (Å²) in [6.45, 7) is 11.0. The van der Waals surface area contributed by atoms with E-state index in [0.29, 0.717) is 6.54 Å². The number of benzene rings is 1. The van der Waals surface area contributed by atoms with Gasteiger partial charge < -0.3 is 0 Å². The van der Waals surface area contributed by atoms with Crippen molar-refractivity contribution in [1.82, 2.24) is 0 Å². The van der Waals surface area contributed by atoms with Gasteiger partial charge in [0.05, 0.1) is 6.54 Å². The third kappa shape index (κ3) is 3.70. The molecule has 0 spiro atoms. The van der Waals surface area contributed by atoms with Gasteiger partial charge in [-0.2, -0.15) is 0 Å². The lowest BCUT2D eigenvalue weighted by atomic mass is 9.87.